The Morgan fingerprint density at radius 3 is 2.15 bits per heavy atom. The topological polar surface area (TPSA) is 222 Å². The van der Waals surface area contributed by atoms with Crippen LogP contribution in [0.15, 0.2) is 42.9 Å². The molecule has 3 unspecified atom stereocenters. The van der Waals surface area contributed by atoms with Crippen LogP contribution in [0.4, 0.5) is 0 Å². The van der Waals surface area contributed by atoms with E-state index in [9.17, 15) is 29.1 Å². The van der Waals surface area contributed by atoms with Gasteiger partial charge in [0.2, 0.25) is 23.6 Å². The van der Waals surface area contributed by atoms with Gasteiger partial charge in [0.05, 0.1) is 19.3 Å². The molecule has 13 heteroatoms. The lowest BCUT2D eigenvalue weighted by Gasteiger charge is -2.23. The third kappa shape index (κ3) is 8.35. The molecule has 0 fully saturated rings. The second kappa shape index (κ2) is 12.7. The number of nitrogens with two attached hydrogens (primary N) is 2. The Hall–Kier alpha value is -4.26. The fraction of sp³-hybridized carbons (Fsp3) is 0.333. The van der Waals surface area contributed by atoms with Crippen molar-refractivity contribution in [2.24, 2.45) is 11.5 Å². The van der Waals surface area contributed by atoms with E-state index in [1.807, 2.05) is 0 Å². The summed E-state index contributed by atoms with van der Waals surface area (Å²) >= 11 is 0. The molecule has 0 spiro atoms. The van der Waals surface area contributed by atoms with Gasteiger partial charge in [-0.3, -0.25) is 19.2 Å². The fourth-order valence-corrected chi connectivity index (χ4v) is 3.08. The number of nitrogens with one attached hydrogen (secondary N) is 4. The van der Waals surface area contributed by atoms with Crippen LogP contribution in [0.1, 0.15) is 17.7 Å². The maximum absolute atomic E-state index is 12.9. The van der Waals surface area contributed by atoms with Crippen molar-refractivity contribution in [3.8, 4) is 0 Å². The second-order valence-electron chi connectivity index (χ2n) is 7.43. The number of carboxylic acids is 1. The zero-order chi connectivity index (χ0) is 25.1. The summed E-state index contributed by atoms with van der Waals surface area (Å²) in [6.45, 7) is -0.377. The van der Waals surface area contributed by atoms with E-state index < -0.39 is 54.1 Å². The first-order chi connectivity index (χ1) is 16.2. The summed E-state index contributed by atoms with van der Waals surface area (Å²) in [5.41, 5.74) is 11.7. The van der Waals surface area contributed by atoms with E-state index in [4.69, 9.17) is 11.5 Å². The molecular formula is C21H27N7O6. The SMILES string of the molecule is NCC(=O)NC(Cc1cnc[nH]1)C(=O)NC(CC(N)=O)C(=O)NC(Cc1ccccc1)C(=O)O. The highest BCUT2D eigenvalue weighted by Crippen LogP contribution is 2.06. The average Bonchev–Trinajstić information content (AvgIpc) is 3.31. The van der Waals surface area contributed by atoms with Crippen molar-refractivity contribution in [1.29, 1.82) is 0 Å². The summed E-state index contributed by atoms with van der Waals surface area (Å²) in [6, 6.07) is 4.67. The van der Waals surface area contributed by atoms with E-state index >= 15 is 0 Å². The van der Waals surface area contributed by atoms with Gasteiger partial charge in [0, 0.05) is 24.7 Å². The van der Waals surface area contributed by atoms with Crippen molar-refractivity contribution < 1.29 is 29.1 Å². The number of H-pyrrole nitrogens is 1. The summed E-state index contributed by atoms with van der Waals surface area (Å²) < 4.78 is 0. The molecule has 4 amide bonds. The summed E-state index contributed by atoms with van der Waals surface area (Å²) in [5, 5.41) is 16.6. The highest BCUT2D eigenvalue weighted by molar-refractivity contribution is 5.95. The minimum atomic E-state index is -1.47. The normalized spacial score (nSPS) is 13.2. The molecule has 182 valence electrons. The maximum Gasteiger partial charge on any atom is 0.326 e. The van der Waals surface area contributed by atoms with Gasteiger partial charge >= 0.3 is 5.97 Å². The lowest BCUT2D eigenvalue weighted by molar-refractivity contribution is -0.142. The molecule has 13 nitrogen and oxygen atoms in total. The molecule has 0 radical (unpaired) electrons. The third-order valence-electron chi connectivity index (χ3n) is 4.75. The summed E-state index contributed by atoms with van der Waals surface area (Å²) in [4.78, 5) is 67.3. The van der Waals surface area contributed by atoms with Gasteiger partial charge in [-0.1, -0.05) is 30.3 Å². The van der Waals surface area contributed by atoms with E-state index in [-0.39, 0.29) is 19.4 Å². The molecular weight excluding hydrogens is 446 g/mol. The molecule has 1 heterocycles. The van der Waals surface area contributed by atoms with Crippen molar-refractivity contribution in [3.63, 3.8) is 0 Å². The zero-order valence-corrected chi connectivity index (χ0v) is 18.2. The summed E-state index contributed by atoms with van der Waals surface area (Å²) in [5.74, 6) is -4.53. The molecule has 3 atom stereocenters. The number of aliphatic carboxylic acids is 1. The van der Waals surface area contributed by atoms with Crippen molar-refractivity contribution in [2.45, 2.75) is 37.4 Å². The Morgan fingerprint density at radius 2 is 1.59 bits per heavy atom. The second-order valence-corrected chi connectivity index (χ2v) is 7.43. The predicted octanol–water partition coefficient (Wildman–Crippen LogP) is -2.43. The fourth-order valence-electron chi connectivity index (χ4n) is 3.08. The van der Waals surface area contributed by atoms with Gasteiger partial charge in [-0.15, -0.1) is 0 Å². The molecule has 0 saturated heterocycles. The number of nitrogens with zero attached hydrogens (tertiary/aromatic N) is 1. The Balaban J connectivity index is 2.15. The molecule has 2 rings (SSSR count). The zero-order valence-electron chi connectivity index (χ0n) is 18.2. The van der Waals surface area contributed by atoms with Crippen LogP contribution >= 0.6 is 0 Å². The Labute approximate surface area is 194 Å². The number of carbonyl (C=O) groups excluding carboxylic acids is 4. The van der Waals surface area contributed by atoms with Crippen LogP contribution in [-0.2, 0) is 36.8 Å². The maximum atomic E-state index is 12.9. The first kappa shape index (κ1) is 26.0. The number of amides is 4. The number of aromatic amines is 1. The van der Waals surface area contributed by atoms with Crippen LogP contribution in [0.3, 0.4) is 0 Å². The van der Waals surface area contributed by atoms with Crippen LogP contribution in [0.25, 0.3) is 0 Å². The smallest absolute Gasteiger partial charge is 0.326 e. The Morgan fingerprint density at radius 1 is 0.941 bits per heavy atom. The molecule has 0 aliphatic heterocycles. The first-order valence-electron chi connectivity index (χ1n) is 10.3. The van der Waals surface area contributed by atoms with Crippen LogP contribution < -0.4 is 27.4 Å². The minimum absolute atomic E-state index is 0.00571. The van der Waals surface area contributed by atoms with E-state index in [2.05, 4.69) is 25.9 Å². The lowest BCUT2D eigenvalue weighted by Crippen LogP contribution is -2.57. The molecule has 0 bridgehead atoms. The molecule has 9 N–H and O–H groups in total. The molecule has 34 heavy (non-hydrogen) atoms. The number of hydrogen-bond donors (Lipinski definition) is 7. The van der Waals surface area contributed by atoms with Gasteiger partial charge in [0.1, 0.15) is 18.1 Å². The molecule has 0 aliphatic rings. The monoisotopic (exact) mass is 473 g/mol. The third-order valence-corrected chi connectivity index (χ3v) is 4.75. The van der Waals surface area contributed by atoms with Crippen molar-refractivity contribution >= 4 is 29.6 Å². The van der Waals surface area contributed by atoms with Crippen LogP contribution in [0.5, 0.6) is 0 Å². The molecule has 0 saturated carbocycles. The van der Waals surface area contributed by atoms with Crippen LogP contribution in [0, 0.1) is 0 Å². The number of aromatic nitrogens is 2. The molecule has 2 aromatic rings. The number of carboxylic acid groups (broad SMARTS) is 1. The minimum Gasteiger partial charge on any atom is -0.480 e. The van der Waals surface area contributed by atoms with Gasteiger partial charge in [0.15, 0.2) is 0 Å². The number of hydrogen-bond acceptors (Lipinski definition) is 7. The number of imidazole rings is 1. The molecule has 0 aliphatic carbocycles. The van der Waals surface area contributed by atoms with Gasteiger partial charge in [-0.25, -0.2) is 9.78 Å². The number of carbonyl (C=O) groups is 5. The standard InChI is InChI=1S/C21H27N7O6/c22-9-18(30)26-14(7-13-10-24-11-25-13)19(31)27-15(8-17(23)29)20(32)28-16(21(33)34)6-12-4-2-1-3-5-12/h1-5,10-11,14-16H,6-9,22H2,(H2,23,29)(H,24,25)(H,26,30)(H,27,31)(H,28,32)(H,33,34). The van der Waals surface area contributed by atoms with Gasteiger partial charge < -0.3 is 37.5 Å². The number of rotatable bonds is 13. The molecule has 1 aromatic heterocycles. The van der Waals surface area contributed by atoms with E-state index in [1.54, 1.807) is 30.3 Å². The van der Waals surface area contributed by atoms with Crippen molar-refractivity contribution in [1.82, 2.24) is 25.9 Å². The van der Waals surface area contributed by atoms with E-state index in [0.717, 1.165) is 0 Å². The lowest BCUT2D eigenvalue weighted by atomic mass is 10.0. The summed E-state index contributed by atoms with van der Waals surface area (Å²) in [7, 11) is 0. The Kier molecular flexibility index (Phi) is 9.71. The van der Waals surface area contributed by atoms with Crippen LogP contribution in [-0.4, -0.2) is 69.3 Å². The quantitative estimate of drug-likeness (QED) is 0.165. The highest BCUT2D eigenvalue weighted by atomic mass is 16.4. The average molecular weight is 473 g/mol. The predicted molar refractivity (Wildman–Crippen MR) is 119 cm³/mol. The van der Waals surface area contributed by atoms with Gasteiger partial charge in [-0.2, -0.15) is 0 Å². The van der Waals surface area contributed by atoms with E-state index in [0.29, 0.717) is 11.3 Å². The molecule has 1 aromatic carbocycles. The number of primary amides is 1. The Bertz CT molecular complexity index is 996. The van der Waals surface area contributed by atoms with Crippen LogP contribution in [0.2, 0.25) is 0 Å². The van der Waals surface area contributed by atoms with Crippen molar-refractivity contribution in [2.75, 3.05) is 6.54 Å². The first-order valence-corrected chi connectivity index (χ1v) is 10.3. The van der Waals surface area contributed by atoms with E-state index in [1.165, 1.54) is 12.5 Å². The van der Waals surface area contributed by atoms with Gasteiger partial charge in [0.25, 0.3) is 0 Å². The highest BCUT2D eigenvalue weighted by Gasteiger charge is 2.31. The largest absolute Gasteiger partial charge is 0.480 e. The van der Waals surface area contributed by atoms with Crippen molar-refractivity contribution in [3.05, 3.63) is 54.1 Å². The van der Waals surface area contributed by atoms with Gasteiger partial charge in [-0.05, 0) is 5.56 Å². The summed E-state index contributed by atoms with van der Waals surface area (Å²) in [6.07, 6.45) is 2.22. The number of benzene rings is 1.